The zero-order valence-electron chi connectivity index (χ0n) is 15.9. The lowest BCUT2D eigenvalue weighted by Crippen LogP contribution is -2.72. The maximum atomic E-state index is 13.9. The largest absolute Gasteiger partial charge is 0.493 e. The molecule has 0 bridgehead atoms. The Bertz CT molecular complexity index is 935. The number of urea groups is 1. The van der Waals surface area contributed by atoms with Crippen LogP contribution in [0.2, 0.25) is 0 Å². The molecule has 1 fully saturated rings. The third-order valence-electron chi connectivity index (χ3n) is 4.70. The third kappa shape index (κ3) is 3.82. The zero-order chi connectivity index (χ0) is 22.1. The number of alkyl halides is 3. The van der Waals surface area contributed by atoms with Crippen LogP contribution in [0, 0.1) is 5.92 Å². The van der Waals surface area contributed by atoms with Crippen LogP contribution < -0.4 is 20.1 Å². The van der Waals surface area contributed by atoms with E-state index in [1.807, 2.05) is 0 Å². The molecule has 162 valence electrons. The summed E-state index contributed by atoms with van der Waals surface area (Å²) in [6, 6.07) is 4.37. The van der Waals surface area contributed by atoms with Crippen molar-refractivity contribution >= 4 is 23.2 Å². The van der Waals surface area contributed by atoms with E-state index in [4.69, 9.17) is 9.47 Å². The first-order chi connectivity index (χ1) is 14.1. The molecule has 2 aromatic rings. The summed E-state index contributed by atoms with van der Waals surface area (Å²) >= 11 is 0.938. The lowest BCUT2D eigenvalue weighted by molar-refractivity contribution is -0.287. The van der Waals surface area contributed by atoms with E-state index < -0.39 is 35.7 Å². The van der Waals surface area contributed by atoms with Crippen LogP contribution in [0.4, 0.5) is 18.0 Å². The van der Waals surface area contributed by atoms with Crippen LogP contribution in [0.1, 0.15) is 28.2 Å². The molecular weight excluding hydrogens is 425 g/mol. The quantitative estimate of drug-likeness (QED) is 0.595. The normalized spacial score (nSPS) is 24.0. The summed E-state index contributed by atoms with van der Waals surface area (Å²) in [6.07, 6.45) is -5.31. The van der Waals surface area contributed by atoms with Crippen molar-refractivity contribution in [3.8, 4) is 11.5 Å². The van der Waals surface area contributed by atoms with Crippen molar-refractivity contribution < 1.29 is 37.3 Å². The van der Waals surface area contributed by atoms with Crippen molar-refractivity contribution in [3.63, 3.8) is 0 Å². The zero-order valence-corrected chi connectivity index (χ0v) is 16.8. The number of ether oxygens (including phenoxy) is 2. The monoisotopic (exact) mass is 444 g/mol. The van der Waals surface area contributed by atoms with Gasteiger partial charge in [0.25, 0.3) is 0 Å². The van der Waals surface area contributed by atoms with Gasteiger partial charge in [-0.05, 0) is 36.1 Å². The van der Waals surface area contributed by atoms with E-state index in [1.54, 1.807) is 6.92 Å². The molecule has 1 aromatic heterocycles. The van der Waals surface area contributed by atoms with Crippen molar-refractivity contribution in [2.45, 2.75) is 24.9 Å². The fourth-order valence-corrected chi connectivity index (χ4v) is 4.05. The van der Waals surface area contributed by atoms with Gasteiger partial charge in [-0.15, -0.1) is 11.3 Å². The highest BCUT2D eigenvalue weighted by atomic mass is 32.1. The van der Waals surface area contributed by atoms with E-state index >= 15 is 0 Å². The van der Waals surface area contributed by atoms with Crippen LogP contribution in [-0.4, -0.2) is 42.5 Å². The first-order valence-corrected chi connectivity index (χ1v) is 9.76. The number of methoxy groups -OCH3 is 1. The summed E-state index contributed by atoms with van der Waals surface area (Å²) < 4.78 is 52.2. The number of ketones is 1. The number of carbonyl (C=O) groups is 2. The molecule has 1 saturated heterocycles. The van der Waals surface area contributed by atoms with Gasteiger partial charge in [-0.25, -0.2) is 4.79 Å². The van der Waals surface area contributed by atoms with Gasteiger partial charge in [0.2, 0.25) is 5.72 Å². The molecular formula is C19H19F3N2O5S. The molecule has 1 aliphatic rings. The summed E-state index contributed by atoms with van der Waals surface area (Å²) in [6.45, 7) is 2.08. The van der Waals surface area contributed by atoms with Crippen LogP contribution in [0.25, 0.3) is 0 Å². The fourth-order valence-electron chi connectivity index (χ4n) is 3.34. The molecule has 2 amide bonds. The van der Waals surface area contributed by atoms with E-state index in [1.165, 1.54) is 48.1 Å². The molecule has 2 heterocycles. The molecule has 11 heteroatoms. The molecule has 3 unspecified atom stereocenters. The van der Waals surface area contributed by atoms with Crippen LogP contribution in [0.3, 0.4) is 0 Å². The average Bonchev–Trinajstić information content (AvgIpc) is 3.21. The van der Waals surface area contributed by atoms with Crippen molar-refractivity contribution in [1.82, 2.24) is 10.6 Å². The van der Waals surface area contributed by atoms with Crippen LogP contribution in [0.5, 0.6) is 11.5 Å². The van der Waals surface area contributed by atoms with E-state index in [-0.39, 0.29) is 16.2 Å². The number of carbonyl (C=O) groups excluding carboxylic acids is 2. The number of rotatable bonds is 6. The molecule has 0 radical (unpaired) electrons. The van der Waals surface area contributed by atoms with Gasteiger partial charge in [0, 0.05) is 0 Å². The van der Waals surface area contributed by atoms with E-state index in [0.29, 0.717) is 12.4 Å². The van der Waals surface area contributed by atoms with Gasteiger partial charge in [0.05, 0.1) is 24.6 Å². The number of hydrogen-bond donors (Lipinski definition) is 3. The Kier molecular flexibility index (Phi) is 5.95. The smallest absolute Gasteiger partial charge is 0.437 e. The van der Waals surface area contributed by atoms with E-state index in [9.17, 15) is 27.9 Å². The Morgan fingerprint density at radius 3 is 2.60 bits per heavy atom. The lowest BCUT2D eigenvalue weighted by atomic mass is 9.78. The minimum Gasteiger partial charge on any atom is -0.493 e. The molecule has 3 rings (SSSR count). The maximum absolute atomic E-state index is 13.9. The van der Waals surface area contributed by atoms with Gasteiger partial charge < -0.3 is 25.2 Å². The number of halogens is 3. The minimum atomic E-state index is -5.31. The number of nitrogens with one attached hydrogen (secondary N) is 2. The maximum Gasteiger partial charge on any atom is 0.437 e. The minimum absolute atomic E-state index is 0.0172. The number of amides is 2. The lowest BCUT2D eigenvalue weighted by Gasteiger charge is -2.44. The number of hydrogen-bond acceptors (Lipinski definition) is 6. The van der Waals surface area contributed by atoms with E-state index in [0.717, 1.165) is 11.3 Å². The highest BCUT2D eigenvalue weighted by Crippen LogP contribution is 2.45. The number of thiophene rings is 1. The fraction of sp³-hybridized carbons (Fsp3) is 0.368. The van der Waals surface area contributed by atoms with Crippen molar-refractivity contribution in [2.24, 2.45) is 5.92 Å². The van der Waals surface area contributed by atoms with E-state index in [2.05, 4.69) is 5.32 Å². The molecule has 0 aliphatic carbocycles. The Hall–Kier alpha value is -2.79. The highest BCUT2D eigenvalue weighted by Gasteiger charge is 2.66. The number of aliphatic hydroxyl groups is 1. The summed E-state index contributed by atoms with van der Waals surface area (Å²) in [5.41, 5.74) is -3.63. The molecule has 0 spiro atoms. The van der Waals surface area contributed by atoms with Crippen molar-refractivity contribution in [3.05, 3.63) is 46.2 Å². The van der Waals surface area contributed by atoms with Crippen LogP contribution in [-0.2, 0) is 0 Å². The molecule has 1 aliphatic heterocycles. The van der Waals surface area contributed by atoms with Crippen molar-refractivity contribution in [1.29, 1.82) is 0 Å². The molecule has 0 saturated carbocycles. The van der Waals surface area contributed by atoms with Gasteiger partial charge in [0.1, 0.15) is 5.92 Å². The average molecular weight is 444 g/mol. The summed E-state index contributed by atoms with van der Waals surface area (Å²) in [4.78, 5) is 25.1. The Balaban J connectivity index is 2.14. The van der Waals surface area contributed by atoms with Gasteiger partial charge in [0.15, 0.2) is 17.3 Å². The summed E-state index contributed by atoms with van der Waals surface area (Å²) in [5.74, 6) is -2.50. The van der Waals surface area contributed by atoms with Gasteiger partial charge in [-0.3, -0.25) is 4.79 Å². The number of Topliss-reactive ketones (excluding diaryl/α,β-unsaturated/α-hetero) is 1. The van der Waals surface area contributed by atoms with Crippen LogP contribution >= 0.6 is 11.3 Å². The molecule has 1 aromatic carbocycles. The Labute approximate surface area is 173 Å². The molecule has 30 heavy (non-hydrogen) atoms. The van der Waals surface area contributed by atoms with Crippen LogP contribution in [0.15, 0.2) is 35.7 Å². The SMILES string of the molecule is CCOc1ccc(C2NC(=O)NC(O)(C(F)(F)F)C2C(=O)c2cccs2)cc1OC. The second-order valence-corrected chi connectivity index (χ2v) is 7.45. The van der Waals surface area contributed by atoms with Crippen molar-refractivity contribution in [2.75, 3.05) is 13.7 Å². The second kappa shape index (κ2) is 8.15. The summed E-state index contributed by atoms with van der Waals surface area (Å²) in [7, 11) is 1.35. The highest BCUT2D eigenvalue weighted by molar-refractivity contribution is 7.12. The second-order valence-electron chi connectivity index (χ2n) is 6.50. The van der Waals surface area contributed by atoms with Gasteiger partial charge in [-0.1, -0.05) is 12.1 Å². The predicted molar refractivity (Wildman–Crippen MR) is 102 cm³/mol. The first kappa shape index (κ1) is 21.9. The molecule has 3 atom stereocenters. The van der Waals surface area contributed by atoms with Gasteiger partial charge >= 0.3 is 12.2 Å². The van der Waals surface area contributed by atoms with Gasteiger partial charge in [-0.2, -0.15) is 13.2 Å². The molecule has 7 nitrogen and oxygen atoms in total. The molecule has 3 N–H and O–H groups in total. The Morgan fingerprint density at radius 1 is 1.30 bits per heavy atom. The first-order valence-electron chi connectivity index (χ1n) is 8.88. The predicted octanol–water partition coefficient (Wildman–Crippen LogP) is 3.26. The summed E-state index contributed by atoms with van der Waals surface area (Å²) in [5, 5.41) is 15.9. The third-order valence-corrected chi connectivity index (χ3v) is 5.58. The standard InChI is InChI=1S/C19H19F3N2O5S/c1-3-29-11-7-6-10(9-12(11)28-2)15-14(16(25)13-5-4-8-30-13)18(27,19(20,21)22)24-17(26)23-15/h4-9,14-15,27H,3H2,1-2H3,(H2,23,24,26). The topological polar surface area (TPSA) is 96.9 Å². The Morgan fingerprint density at radius 2 is 2.03 bits per heavy atom. The number of benzene rings is 1.